The maximum Gasteiger partial charge on any atom is 0.446 e. The van der Waals surface area contributed by atoms with Crippen LogP contribution in [0.1, 0.15) is 11.1 Å². The first-order valence-electron chi connectivity index (χ1n) is 6.62. The Balaban J connectivity index is 2.26. The molecule has 1 aromatic carbocycles. The minimum Gasteiger partial charge on any atom is -0.382 e. The summed E-state index contributed by atoms with van der Waals surface area (Å²) in [6, 6.07) is 6.24. The summed E-state index contributed by atoms with van der Waals surface area (Å²) in [5, 5.41) is 9.07. The Morgan fingerprint density at radius 2 is 2.09 bits per heavy atom. The van der Waals surface area contributed by atoms with Crippen LogP contribution in [-0.2, 0) is 11.2 Å². The van der Waals surface area contributed by atoms with Crippen LogP contribution < -0.4 is 0 Å². The number of hydrogen-bond acceptors (Lipinski definition) is 4. The van der Waals surface area contributed by atoms with Gasteiger partial charge >= 0.3 is 5.51 Å². The average Bonchev–Trinajstić information content (AvgIpc) is 2.85. The van der Waals surface area contributed by atoms with Crippen LogP contribution in [0, 0.1) is 11.3 Å². The van der Waals surface area contributed by atoms with Crippen LogP contribution in [0.2, 0.25) is 0 Å². The Labute approximate surface area is 136 Å². The fraction of sp³-hybridized carbons (Fsp3) is 0.250. The summed E-state index contributed by atoms with van der Waals surface area (Å²) in [5.74, 6) is -0.401. The molecule has 7 heteroatoms. The highest BCUT2D eigenvalue weighted by atomic mass is 32.2. The first-order chi connectivity index (χ1) is 10.7. The van der Waals surface area contributed by atoms with Gasteiger partial charge in [0.2, 0.25) is 5.78 Å². The lowest BCUT2D eigenvalue weighted by Gasteiger charge is -2.07. The van der Waals surface area contributed by atoms with Crippen LogP contribution in [0.15, 0.2) is 40.4 Å². The summed E-state index contributed by atoms with van der Waals surface area (Å²) in [4.78, 5) is 14.0. The zero-order valence-corrected chi connectivity index (χ0v) is 13.3. The van der Waals surface area contributed by atoms with Gasteiger partial charge in [0.15, 0.2) is 0 Å². The molecule has 0 radical (unpaired) electrons. The van der Waals surface area contributed by atoms with E-state index in [1.54, 1.807) is 31.1 Å². The minimum atomic E-state index is -4.35. The molecule has 0 aliphatic heterocycles. The fourth-order valence-electron chi connectivity index (χ4n) is 2.22. The van der Waals surface area contributed by atoms with Crippen molar-refractivity contribution in [3.63, 3.8) is 0 Å². The molecule has 0 amide bonds. The molecule has 0 unspecified atom stereocenters. The predicted octanol–water partition coefficient (Wildman–Crippen LogP) is 3.78. The second-order valence-corrected chi connectivity index (χ2v) is 6.34. The second kappa shape index (κ2) is 6.50. The van der Waals surface area contributed by atoms with Gasteiger partial charge in [-0.15, -0.1) is 0 Å². The molecule has 0 saturated carbocycles. The van der Waals surface area contributed by atoms with E-state index in [0.29, 0.717) is 17.6 Å². The number of carbonyl (C=O) groups excluding carboxylic acids is 1. The van der Waals surface area contributed by atoms with Gasteiger partial charge in [0, 0.05) is 37.2 Å². The summed E-state index contributed by atoms with van der Waals surface area (Å²) >= 11 is -0.189. The number of ketones is 1. The molecule has 1 aromatic rings. The van der Waals surface area contributed by atoms with E-state index >= 15 is 0 Å². The van der Waals surface area contributed by atoms with Crippen LogP contribution in [-0.4, -0.2) is 30.3 Å². The molecule has 1 aliphatic rings. The number of nitrogens with zero attached hydrogens (tertiary/aromatic N) is 2. The maximum absolute atomic E-state index is 12.4. The molecule has 0 N–H and O–H groups in total. The van der Waals surface area contributed by atoms with Gasteiger partial charge in [0.1, 0.15) is 11.6 Å². The number of rotatable bonds is 4. The molecule has 0 bridgehead atoms. The number of benzene rings is 1. The zero-order chi connectivity index (χ0) is 17.2. The zero-order valence-electron chi connectivity index (χ0n) is 12.4. The van der Waals surface area contributed by atoms with Crippen LogP contribution in [0.5, 0.6) is 0 Å². The topological polar surface area (TPSA) is 44.1 Å². The van der Waals surface area contributed by atoms with Gasteiger partial charge in [0.25, 0.3) is 0 Å². The van der Waals surface area contributed by atoms with Crippen molar-refractivity contribution in [1.82, 2.24) is 4.90 Å². The normalized spacial score (nSPS) is 14.1. The Bertz CT molecular complexity index is 743. The smallest absolute Gasteiger partial charge is 0.382 e. The standard InChI is InChI=1S/C16H13F3N2OS/c1-21(2)9-13(8-20)15(22)12-5-10-3-4-14(7-11(10)6-12)23-16(17,18)19/h3-4,6-7,9H,5H2,1-2H3. The second-order valence-electron chi connectivity index (χ2n) is 5.20. The summed E-state index contributed by atoms with van der Waals surface area (Å²) in [6.45, 7) is 0. The number of carbonyl (C=O) groups is 1. The van der Waals surface area contributed by atoms with Crippen LogP contribution in [0.25, 0.3) is 6.08 Å². The highest BCUT2D eigenvalue weighted by Gasteiger charge is 2.30. The van der Waals surface area contributed by atoms with E-state index in [-0.39, 0.29) is 22.2 Å². The Morgan fingerprint density at radius 1 is 1.39 bits per heavy atom. The number of fused-ring (bicyclic) bond motifs is 1. The van der Waals surface area contributed by atoms with Crippen LogP contribution >= 0.6 is 11.8 Å². The number of halogens is 3. The monoisotopic (exact) mass is 338 g/mol. The van der Waals surface area contributed by atoms with Crippen LogP contribution in [0.3, 0.4) is 0 Å². The molecule has 23 heavy (non-hydrogen) atoms. The Morgan fingerprint density at radius 3 is 2.65 bits per heavy atom. The van der Waals surface area contributed by atoms with Crippen molar-refractivity contribution in [2.45, 2.75) is 16.8 Å². The molecular formula is C16H13F3N2OS. The third-order valence-corrected chi connectivity index (χ3v) is 3.83. The molecule has 0 spiro atoms. The molecule has 0 saturated heterocycles. The van der Waals surface area contributed by atoms with Gasteiger partial charge in [-0.05, 0) is 41.1 Å². The molecule has 2 rings (SSSR count). The quantitative estimate of drug-likeness (QED) is 0.476. The number of Topliss-reactive ketones (excluding diaryl/α,β-unsaturated/α-hetero) is 1. The van der Waals surface area contributed by atoms with Crippen molar-refractivity contribution in [2.75, 3.05) is 14.1 Å². The third kappa shape index (κ3) is 4.39. The lowest BCUT2D eigenvalue weighted by atomic mass is 10.0. The lowest BCUT2D eigenvalue weighted by Crippen LogP contribution is -2.10. The van der Waals surface area contributed by atoms with Crippen molar-refractivity contribution in [1.29, 1.82) is 5.26 Å². The first kappa shape index (κ1) is 17.2. The summed E-state index contributed by atoms with van der Waals surface area (Å²) in [5.41, 5.74) is -2.58. The molecule has 1 aliphatic carbocycles. The number of alkyl halides is 3. The summed E-state index contributed by atoms with van der Waals surface area (Å²) in [6.07, 6.45) is 3.30. The van der Waals surface area contributed by atoms with E-state index in [1.807, 2.05) is 6.07 Å². The van der Waals surface area contributed by atoms with Crippen molar-refractivity contribution in [2.24, 2.45) is 0 Å². The van der Waals surface area contributed by atoms with Crippen molar-refractivity contribution in [3.8, 4) is 6.07 Å². The molecule has 120 valence electrons. The molecule has 0 fully saturated rings. The van der Waals surface area contributed by atoms with Crippen molar-refractivity contribution >= 4 is 23.6 Å². The van der Waals surface area contributed by atoms with Gasteiger partial charge in [-0.3, -0.25) is 4.79 Å². The first-order valence-corrected chi connectivity index (χ1v) is 7.43. The van der Waals surface area contributed by atoms with Crippen molar-refractivity contribution in [3.05, 3.63) is 46.7 Å². The van der Waals surface area contributed by atoms with Gasteiger partial charge < -0.3 is 4.90 Å². The Kier molecular flexibility index (Phi) is 4.85. The van der Waals surface area contributed by atoms with Gasteiger partial charge in [-0.25, -0.2) is 0 Å². The van der Waals surface area contributed by atoms with E-state index in [0.717, 1.165) is 5.56 Å². The molecular weight excluding hydrogens is 325 g/mol. The maximum atomic E-state index is 12.4. The largest absolute Gasteiger partial charge is 0.446 e. The van der Waals surface area contributed by atoms with Crippen LogP contribution in [0.4, 0.5) is 13.2 Å². The van der Waals surface area contributed by atoms with Gasteiger partial charge in [-0.1, -0.05) is 6.07 Å². The van der Waals surface area contributed by atoms with E-state index < -0.39 is 11.3 Å². The number of nitriles is 1. The van der Waals surface area contributed by atoms with E-state index in [4.69, 9.17) is 5.26 Å². The number of hydrogen-bond donors (Lipinski definition) is 0. The highest BCUT2D eigenvalue weighted by molar-refractivity contribution is 8.00. The third-order valence-electron chi connectivity index (χ3n) is 3.11. The van der Waals surface area contributed by atoms with Gasteiger partial charge in [0.05, 0.1) is 0 Å². The molecule has 0 heterocycles. The van der Waals surface area contributed by atoms with Crippen molar-refractivity contribution < 1.29 is 18.0 Å². The van der Waals surface area contributed by atoms with E-state index in [1.165, 1.54) is 18.3 Å². The molecule has 3 nitrogen and oxygen atoms in total. The summed E-state index contributed by atoms with van der Waals surface area (Å²) in [7, 11) is 3.39. The average molecular weight is 338 g/mol. The van der Waals surface area contributed by atoms with E-state index in [9.17, 15) is 18.0 Å². The lowest BCUT2D eigenvalue weighted by molar-refractivity contribution is -0.111. The van der Waals surface area contributed by atoms with Gasteiger partial charge in [-0.2, -0.15) is 18.4 Å². The SMILES string of the molecule is CN(C)C=C(C#N)C(=O)C1=Cc2cc(SC(F)(F)F)ccc2C1. The number of thioether (sulfide) groups is 1. The predicted molar refractivity (Wildman–Crippen MR) is 82.4 cm³/mol. The molecule has 0 aromatic heterocycles. The highest BCUT2D eigenvalue weighted by Crippen LogP contribution is 2.39. The minimum absolute atomic E-state index is 0.000976. The number of allylic oxidation sites excluding steroid dienone is 2. The fourth-order valence-corrected chi connectivity index (χ4v) is 2.81. The molecule has 0 atom stereocenters. The van der Waals surface area contributed by atoms with E-state index in [2.05, 4.69) is 0 Å². The summed E-state index contributed by atoms with van der Waals surface area (Å²) < 4.78 is 37.2. The Hall–Kier alpha value is -2.20.